The molecule has 2 amide bonds. The number of hydrogen-bond acceptors (Lipinski definition) is 4. The van der Waals surface area contributed by atoms with Gasteiger partial charge in [-0.1, -0.05) is 6.07 Å². The minimum atomic E-state index is -0.284. The van der Waals surface area contributed by atoms with Gasteiger partial charge in [0.05, 0.1) is 19.6 Å². The van der Waals surface area contributed by atoms with Crippen molar-refractivity contribution in [2.45, 2.75) is 32.2 Å². The molecule has 3 rings (SSSR count). The Morgan fingerprint density at radius 1 is 1.36 bits per heavy atom. The lowest BCUT2D eigenvalue weighted by atomic mass is 10.00. The second kappa shape index (κ2) is 7.70. The highest BCUT2D eigenvalue weighted by molar-refractivity contribution is 7.10. The van der Waals surface area contributed by atoms with Crippen LogP contribution in [-0.2, 0) is 16.0 Å². The van der Waals surface area contributed by atoms with Crippen LogP contribution in [-0.4, -0.2) is 25.5 Å². The van der Waals surface area contributed by atoms with Crippen LogP contribution in [0.5, 0.6) is 5.75 Å². The summed E-state index contributed by atoms with van der Waals surface area (Å²) in [5.74, 6) is 0.705. The predicted molar refractivity (Wildman–Crippen MR) is 99.2 cm³/mol. The van der Waals surface area contributed by atoms with E-state index in [1.54, 1.807) is 18.4 Å². The van der Waals surface area contributed by atoms with E-state index in [2.05, 4.69) is 5.32 Å². The molecule has 0 unspecified atom stereocenters. The molecule has 5 nitrogen and oxygen atoms in total. The number of carbonyl (C=O) groups excluding carboxylic acids is 2. The summed E-state index contributed by atoms with van der Waals surface area (Å²) in [4.78, 5) is 27.3. The Labute approximate surface area is 151 Å². The minimum absolute atomic E-state index is 0.0262. The molecule has 132 valence electrons. The number of carbonyl (C=O) groups is 2. The van der Waals surface area contributed by atoms with Gasteiger partial charge in [0.1, 0.15) is 5.75 Å². The van der Waals surface area contributed by atoms with Crippen LogP contribution >= 0.6 is 11.3 Å². The fraction of sp³-hybridized carbons (Fsp3) is 0.368. The van der Waals surface area contributed by atoms with Crippen LogP contribution in [0.1, 0.15) is 36.2 Å². The van der Waals surface area contributed by atoms with Gasteiger partial charge in [0.2, 0.25) is 11.8 Å². The van der Waals surface area contributed by atoms with Crippen molar-refractivity contribution in [3.8, 4) is 5.75 Å². The maximum Gasteiger partial charge on any atom is 0.229 e. The van der Waals surface area contributed by atoms with E-state index in [0.717, 1.165) is 34.7 Å². The fourth-order valence-corrected chi connectivity index (χ4v) is 3.98. The fourth-order valence-electron chi connectivity index (χ4n) is 3.20. The van der Waals surface area contributed by atoms with E-state index in [1.807, 2.05) is 40.6 Å². The molecule has 25 heavy (non-hydrogen) atoms. The van der Waals surface area contributed by atoms with Gasteiger partial charge in [-0.3, -0.25) is 9.59 Å². The van der Waals surface area contributed by atoms with E-state index in [-0.39, 0.29) is 24.3 Å². The molecule has 0 fully saturated rings. The Kier molecular flexibility index (Phi) is 5.38. The Morgan fingerprint density at radius 2 is 2.20 bits per heavy atom. The molecule has 2 heterocycles. The Hall–Kier alpha value is -2.34. The van der Waals surface area contributed by atoms with Gasteiger partial charge < -0.3 is 15.0 Å². The highest BCUT2D eigenvalue weighted by Crippen LogP contribution is 2.32. The quantitative estimate of drug-likeness (QED) is 0.892. The molecule has 0 saturated heterocycles. The van der Waals surface area contributed by atoms with Crippen LogP contribution < -0.4 is 15.0 Å². The van der Waals surface area contributed by atoms with Crippen LogP contribution in [0.15, 0.2) is 35.7 Å². The minimum Gasteiger partial charge on any atom is -0.497 e. The summed E-state index contributed by atoms with van der Waals surface area (Å²) in [6, 6.07) is 9.43. The highest BCUT2D eigenvalue weighted by Gasteiger charge is 2.26. The second-order valence-corrected chi connectivity index (χ2v) is 7.10. The number of anilines is 1. The average Bonchev–Trinajstić information content (AvgIpc) is 3.14. The first kappa shape index (κ1) is 17.5. The van der Waals surface area contributed by atoms with E-state index in [4.69, 9.17) is 4.74 Å². The Balaban J connectivity index is 1.80. The molecule has 1 atom stereocenters. The summed E-state index contributed by atoms with van der Waals surface area (Å²) in [6.07, 6.45) is 2.12. The zero-order valence-electron chi connectivity index (χ0n) is 14.5. The number of amides is 2. The average molecular weight is 358 g/mol. The number of hydrogen-bond donors (Lipinski definition) is 1. The van der Waals surface area contributed by atoms with Crippen LogP contribution in [0.25, 0.3) is 0 Å². The predicted octanol–water partition coefficient (Wildman–Crippen LogP) is 3.30. The normalized spacial score (nSPS) is 14.6. The number of benzene rings is 1. The van der Waals surface area contributed by atoms with Crippen molar-refractivity contribution < 1.29 is 14.3 Å². The van der Waals surface area contributed by atoms with Crippen LogP contribution in [0.2, 0.25) is 0 Å². The molecular weight excluding hydrogens is 336 g/mol. The number of fused-ring (bicyclic) bond motifs is 1. The van der Waals surface area contributed by atoms with Crippen molar-refractivity contribution in [2.75, 3.05) is 18.6 Å². The lowest BCUT2D eigenvalue weighted by Crippen LogP contribution is -2.38. The molecule has 0 radical (unpaired) electrons. The van der Waals surface area contributed by atoms with Crippen molar-refractivity contribution in [1.29, 1.82) is 0 Å². The van der Waals surface area contributed by atoms with Crippen LogP contribution in [0, 0.1) is 0 Å². The molecule has 2 aromatic rings. The van der Waals surface area contributed by atoms with Crippen molar-refractivity contribution in [3.05, 3.63) is 46.2 Å². The summed E-state index contributed by atoms with van der Waals surface area (Å²) in [5.41, 5.74) is 2.08. The van der Waals surface area contributed by atoms with Gasteiger partial charge in [0, 0.05) is 24.0 Å². The number of ether oxygens (including phenoxy) is 1. The lowest BCUT2D eigenvalue weighted by molar-refractivity contribution is -0.121. The van der Waals surface area contributed by atoms with E-state index in [0.29, 0.717) is 6.54 Å². The first-order valence-corrected chi connectivity index (χ1v) is 9.24. The van der Waals surface area contributed by atoms with Gasteiger partial charge in [-0.05, 0) is 48.1 Å². The molecule has 1 N–H and O–H groups in total. The Bertz CT molecular complexity index is 758. The number of thiophene rings is 1. The highest BCUT2D eigenvalue weighted by atomic mass is 32.1. The molecule has 1 aromatic carbocycles. The summed E-state index contributed by atoms with van der Waals surface area (Å²) in [5, 5.41) is 4.85. The maximum atomic E-state index is 13.0. The summed E-state index contributed by atoms with van der Waals surface area (Å²) >= 11 is 1.55. The van der Waals surface area contributed by atoms with E-state index >= 15 is 0 Å². The molecule has 1 aromatic heterocycles. The van der Waals surface area contributed by atoms with Gasteiger partial charge in [-0.2, -0.15) is 0 Å². The summed E-state index contributed by atoms with van der Waals surface area (Å²) in [6.45, 7) is 2.18. The topological polar surface area (TPSA) is 58.6 Å². The number of nitrogens with one attached hydrogen (secondary N) is 1. The molecular formula is C19H22N2O3S. The van der Waals surface area contributed by atoms with Crippen molar-refractivity contribution in [1.82, 2.24) is 5.32 Å². The lowest BCUT2D eigenvalue weighted by Gasteiger charge is -2.31. The van der Waals surface area contributed by atoms with Crippen LogP contribution in [0.4, 0.5) is 5.69 Å². The standard InChI is InChI=1S/C19H22N2O3S/c1-13(22)20-16(18-6-4-10-25-18)12-19(23)21-9-3-5-14-11-15(24-2)7-8-17(14)21/h4,6-8,10-11,16H,3,5,9,12H2,1-2H3,(H,20,22)/t16-/m0/s1. The molecule has 0 bridgehead atoms. The maximum absolute atomic E-state index is 13.0. The first-order chi connectivity index (χ1) is 12.1. The van der Waals surface area contributed by atoms with E-state index in [9.17, 15) is 9.59 Å². The zero-order valence-corrected chi connectivity index (χ0v) is 15.3. The molecule has 6 heteroatoms. The zero-order chi connectivity index (χ0) is 17.8. The van der Waals surface area contributed by atoms with E-state index < -0.39 is 0 Å². The monoisotopic (exact) mass is 358 g/mol. The van der Waals surface area contributed by atoms with Gasteiger partial charge in [-0.25, -0.2) is 0 Å². The largest absolute Gasteiger partial charge is 0.497 e. The van der Waals surface area contributed by atoms with Crippen molar-refractivity contribution in [3.63, 3.8) is 0 Å². The SMILES string of the molecule is COc1ccc2c(c1)CCCN2C(=O)C[C@H](NC(C)=O)c1cccs1. The third-order valence-corrected chi connectivity index (χ3v) is 5.34. The smallest absolute Gasteiger partial charge is 0.229 e. The van der Waals surface area contributed by atoms with Gasteiger partial charge in [0.25, 0.3) is 0 Å². The second-order valence-electron chi connectivity index (χ2n) is 6.12. The number of methoxy groups -OCH3 is 1. The third-order valence-electron chi connectivity index (χ3n) is 4.35. The number of aryl methyl sites for hydroxylation is 1. The van der Waals surface area contributed by atoms with E-state index in [1.165, 1.54) is 6.92 Å². The molecule has 1 aliphatic heterocycles. The van der Waals surface area contributed by atoms with Crippen LogP contribution in [0.3, 0.4) is 0 Å². The Morgan fingerprint density at radius 3 is 2.88 bits per heavy atom. The molecule has 1 aliphatic rings. The number of nitrogens with zero attached hydrogens (tertiary/aromatic N) is 1. The van der Waals surface area contributed by atoms with Gasteiger partial charge >= 0.3 is 0 Å². The van der Waals surface area contributed by atoms with Gasteiger partial charge in [-0.15, -0.1) is 11.3 Å². The van der Waals surface area contributed by atoms with Crippen molar-refractivity contribution >= 4 is 28.8 Å². The third kappa shape index (κ3) is 4.02. The van der Waals surface area contributed by atoms with Crippen molar-refractivity contribution in [2.24, 2.45) is 0 Å². The number of rotatable bonds is 5. The summed E-state index contributed by atoms with van der Waals surface area (Å²) in [7, 11) is 1.65. The molecule has 0 spiro atoms. The first-order valence-electron chi connectivity index (χ1n) is 8.36. The molecule has 0 aliphatic carbocycles. The van der Waals surface area contributed by atoms with Gasteiger partial charge in [0.15, 0.2) is 0 Å². The molecule has 0 saturated carbocycles. The summed E-state index contributed by atoms with van der Waals surface area (Å²) < 4.78 is 5.28.